The van der Waals surface area contributed by atoms with Gasteiger partial charge in [-0.05, 0) is 30.7 Å². The van der Waals surface area contributed by atoms with Crippen molar-refractivity contribution in [2.75, 3.05) is 19.4 Å². The molecule has 1 N–H and O–H groups in total. The fraction of sp³-hybridized carbons (Fsp3) is 0.222. The van der Waals surface area contributed by atoms with Gasteiger partial charge in [-0.3, -0.25) is 4.79 Å². The number of benzene rings is 1. The zero-order chi connectivity index (χ0) is 19.0. The van der Waals surface area contributed by atoms with E-state index in [9.17, 15) is 13.6 Å². The highest BCUT2D eigenvalue weighted by molar-refractivity contribution is 6.33. The van der Waals surface area contributed by atoms with Gasteiger partial charge < -0.3 is 14.8 Å². The lowest BCUT2D eigenvalue weighted by molar-refractivity contribution is -0.129. The topological polar surface area (TPSA) is 50.2 Å². The van der Waals surface area contributed by atoms with Crippen LogP contribution in [0.3, 0.4) is 0 Å². The standard InChI is InChI=1S/C18H17ClF2N4O/c1-10-8-12(20)16(21)15(19)17(10)23-18-11-5-7-25(9-14(26)24(2)3)13(11)4-6-22-18/h4-8H,9H2,1-3H3,(H,22,23). The summed E-state index contributed by atoms with van der Waals surface area (Å²) in [6, 6.07) is 4.66. The Labute approximate surface area is 154 Å². The zero-order valence-electron chi connectivity index (χ0n) is 14.5. The van der Waals surface area contributed by atoms with Crippen molar-refractivity contribution >= 4 is 39.9 Å². The predicted octanol–water partition coefficient (Wildman–Crippen LogP) is 4.11. The van der Waals surface area contributed by atoms with E-state index >= 15 is 0 Å². The summed E-state index contributed by atoms with van der Waals surface area (Å²) in [6.45, 7) is 1.81. The minimum Gasteiger partial charge on any atom is -0.347 e. The van der Waals surface area contributed by atoms with Gasteiger partial charge in [0.15, 0.2) is 11.6 Å². The van der Waals surface area contributed by atoms with Crippen molar-refractivity contribution in [1.29, 1.82) is 0 Å². The molecule has 8 heteroatoms. The molecule has 1 aromatic carbocycles. The summed E-state index contributed by atoms with van der Waals surface area (Å²) >= 11 is 5.95. The number of hydrogen-bond donors (Lipinski definition) is 1. The van der Waals surface area contributed by atoms with Gasteiger partial charge in [-0.2, -0.15) is 0 Å². The van der Waals surface area contributed by atoms with Crippen LogP contribution in [-0.2, 0) is 11.3 Å². The van der Waals surface area contributed by atoms with Gasteiger partial charge in [0.1, 0.15) is 17.4 Å². The van der Waals surface area contributed by atoms with Gasteiger partial charge in [0, 0.05) is 31.9 Å². The lowest BCUT2D eigenvalue weighted by Gasteiger charge is -2.14. The number of hydrogen-bond acceptors (Lipinski definition) is 3. The molecule has 136 valence electrons. The van der Waals surface area contributed by atoms with Crippen molar-refractivity contribution in [1.82, 2.24) is 14.5 Å². The first-order valence-corrected chi connectivity index (χ1v) is 8.22. The molecule has 0 aliphatic carbocycles. The number of nitrogens with one attached hydrogen (secondary N) is 1. The molecule has 0 unspecified atom stereocenters. The summed E-state index contributed by atoms with van der Waals surface area (Å²) < 4.78 is 29.1. The van der Waals surface area contributed by atoms with Crippen LogP contribution in [0.4, 0.5) is 20.3 Å². The molecule has 0 aliphatic heterocycles. The van der Waals surface area contributed by atoms with Crippen LogP contribution in [0.5, 0.6) is 0 Å². The predicted molar refractivity (Wildman–Crippen MR) is 97.8 cm³/mol. The second-order valence-corrected chi connectivity index (χ2v) is 6.51. The fourth-order valence-corrected chi connectivity index (χ4v) is 2.92. The monoisotopic (exact) mass is 378 g/mol. The molecule has 3 rings (SSSR count). The van der Waals surface area contributed by atoms with Crippen molar-refractivity contribution in [2.45, 2.75) is 13.5 Å². The number of nitrogens with zero attached hydrogens (tertiary/aromatic N) is 3. The van der Waals surface area contributed by atoms with Crippen LogP contribution in [0.2, 0.25) is 5.02 Å². The van der Waals surface area contributed by atoms with Gasteiger partial charge in [-0.25, -0.2) is 13.8 Å². The third kappa shape index (κ3) is 3.22. The number of carbonyl (C=O) groups is 1. The summed E-state index contributed by atoms with van der Waals surface area (Å²) in [5.74, 6) is -1.72. The molecule has 2 heterocycles. The van der Waals surface area contributed by atoms with E-state index in [1.165, 1.54) is 4.90 Å². The average molecular weight is 379 g/mol. The summed E-state index contributed by atoms with van der Waals surface area (Å²) in [5.41, 5.74) is 1.49. The number of likely N-dealkylation sites (N-methyl/N-ethyl adjacent to an activating group) is 1. The van der Waals surface area contributed by atoms with Gasteiger partial charge in [0.05, 0.1) is 11.2 Å². The van der Waals surface area contributed by atoms with E-state index in [0.717, 1.165) is 17.0 Å². The van der Waals surface area contributed by atoms with Crippen LogP contribution < -0.4 is 5.32 Å². The molecule has 0 saturated carbocycles. The summed E-state index contributed by atoms with van der Waals surface area (Å²) in [4.78, 5) is 17.7. The Kier molecular flexibility index (Phi) is 4.82. The molecule has 0 saturated heterocycles. The minimum absolute atomic E-state index is 0.0479. The molecule has 0 spiro atoms. The SMILES string of the molecule is Cc1cc(F)c(F)c(Cl)c1Nc1nccc2c1ccn2CC(=O)N(C)C. The first-order chi connectivity index (χ1) is 12.3. The number of aromatic nitrogens is 2. The molecular formula is C18H17ClF2N4O. The maximum Gasteiger partial charge on any atom is 0.241 e. The van der Waals surface area contributed by atoms with E-state index < -0.39 is 11.6 Å². The van der Waals surface area contributed by atoms with Crippen LogP contribution in [-0.4, -0.2) is 34.5 Å². The maximum atomic E-state index is 13.8. The van der Waals surface area contributed by atoms with E-state index in [1.54, 1.807) is 50.1 Å². The molecule has 0 bridgehead atoms. The minimum atomic E-state index is -1.11. The molecule has 0 radical (unpaired) electrons. The van der Waals surface area contributed by atoms with Crippen LogP contribution in [0, 0.1) is 18.6 Å². The third-order valence-electron chi connectivity index (χ3n) is 4.10. The number of aryl methyl sites for hydroxylation is 1. The second kappa shape index (κ2) is 6.92. The highest BCUT2D eigenvalue weighted by Gasteiger charge is 2.17. The van der Waals surface area contributed by atoms with E-state index in [0.29, 0.717) is 11.4 Å². The van der Waals surface area contributed by atoms with E-state index in [4.69, 9.17) is 11.6 Å². The molecular weight excluding hydrogens is 362 g/mol. The largest absolute Gasteiger partial charge is 0.347 e. The lowest BCUT2D eigenvalue weighted by Crippen LogP contribution is -2.25. The normalized spacial score (nSPS) is 11.0. The number of halogens is 3. The van der Waals surface area contributed by atoms with Gasteiger partial charge in [-0.1, -0.05) is 11.6 Å². The Morgan fingerprint density at radius 1 is 1.35 bits per heavy atom. The van der Waals surface area contributed by atoms with Crippen LogP contribution in [0.15, 0.2) is 30.6 Å². The van der Waals surface area contributed by atoms with Crippen LogP contribution >= 0.6 is 11.6 Å². The van der Waals surface area contributed by atoms with E-state index in [-0.39, 0.29) is 23.2 Å². The third-order valence-corrected chi connectivity index (χ3v) is 4.46. The summed E-state index contributed by atoms with van der Waals surface area (Å²) in [7, 11) is 3.38. The lowest BCUT2D eigenvalue weighted by atomic mass is 10.1. The van der Waals surface area contributed by atoms with Gasteiger partial charge in [0.25, 0.3) is 0 Å². The van der Waals surface area contributed by atoms with E-state index in [1.807, 2.05) is 0 Å². The number of rotatable bonds is 4. The van der Waals surface area contributed by atoms with Crippen molar-refractivity contribution in [2.24, 2.45) is 0 Å². The van der Waals surface area contributed by atoms with Gasteiger partial charge in [-0.15, -0.1) is 0 Å². The Bertz CT molecular complexity index is 1000. The highest BCUT2D eigenvalue weighted by atomic mass is 35.5. The molecule has 2 aromatic heterocycles. The first kappa shape index (κ1) is 18.1. The molecule has 0 aliphatic rings. The Balaban J connectivity index is 2.02. The first-order valence-electron chi connectivity index (χ1n) is 7.84. The molecule has 3 aromatic rings. The quantitative estimate of drug-likeness (QED) is 0.695. The van der Waals surface area contributed by atoms with Crippen molar-refractivity contribution in [3.05, 3.63) is 52.8 Å². The molecule has 5 nitrogen and oxygen atoms in total. The van der Waals surface area contributed by atoms with Gasteiger partial charge in [0.2, 0.25) is 5.91 Å². The number of amides is 1. The fourth-order valence-electron chi connectivity index (χ4n) is 2.63. The number of anilines is 2. The van der Waals surface area contributed by atoms with Crippen molar-refractivity contribution in [3.63, 3.8) is 0 Å². The number of pyridine rings is 1. The molecule has 0 fully saturated rings. The second-order valence-electron chi connectivity index (χ2n) is 6.13. The van der Waals surface area contributed by atoms with Crippen molar-refractivity contribution < 1.29 is 13.6 Å². The number of carbonyl (C=O) groups excluding carboxylic acids is 1. The Morgan fingerprint density at radius 2 is 2.08 bits per heavy atom. The van der Waals surface area contributed by atoms with Crippen molar-refractivity contribution in [3.8, 4) is 0 Å². The Morgan fingerprint density at radius 3 is 2.77 bits per heavy atom. The maximum absolute atomic E-state index is 13.8. The zero-order valence-corrected chi connectivity index (χ0v) is 15.2. The molecule has 1 amide bonds. The average Bonchev–Trinajstić information content (AvgIpc) is 3.00. The highest BCUT2D eigenvalue weighted by Crippen LogP contribution is 2.34. The molecule has 26 heavy (non-hydrogen) atoms. The Hall–Kier alpha value is -2.67. The summed E-state index contributed by atoms with van der Waals surface area (Å²) in [6.07, 6.45) is 3.35. The van der Waals surface area contributed by atoms with Gasteiger partial charge >= 0.3 is 0 Å². The van der Waals surface area contributed by atoms with Crippen LogP contribution in [0.1, 0.15) is 5.56 Å². The summed E-state index contributed by atoms with van der Waals surface area (Å²) in [5, 5.41) is 3.39. The molecule has 0 atom stereocenters. The smallest absolute Gasteiger partial charge is 0.241 e. The van der Waals surface area contributed by atoms with Crippen LogP contribution in [0.25, 0.3) is 10.9 Å². The number of fused-ring (bicyclic) bond motifs is 1. The van der Waals surface area contributed by atoms with E-state index in [2.05, 4.69) is 10.3 Å².